The molecule has 138 valence electrons. The average molecular weight is 364 g/mol. The lowest BCUT2D eigenvalue weighted by molar-refractivity contribution is -0.118. The number of methoxy groups -OCH3 is 1. The first-order valence-electron chi connectivity index (χ1n) is 8.88. The van der Waals surface area contributed by atoms with Crippen molar-refractivity contribution in [3.63, 3.8) is 0 Å². The molecular formula is C21H20N2O4. The van der Waals surface area contributed by atoms with Gasteiger partial charge >= 0.3 is 0 Å². The predicted molar refractivity (Wildman–Crippen MR) is 104 cm³/mol. The third-order valence-electron chi connectivity index (χ3n) is 4.80. The molecule has 0 fully saturated rings. The molecule has 4 rings (SSSR count). The summed E-state index contributed by atoms with van der Waals surface area (Å²) in [7, 11) is 1.59. The number of hydrogen-bond donors (Lipinski definition) is 2. The molecule has 1 aromatic heterocycles. The number of fused-ring (bicyclic) bond motifs is 3. The zero-order chi connectivity index (χ0) is 18.8. The van der Waals surface area contributed by atoms with E-state index in [1.807, 2.05) is 12.1 Å². The van der Waals surface area contributed by atoms with Crippen LogP contribution in [0.15, 0.2) is 47.3 Å². The van der Waals surface area contributed by atoms with Crippen LogP contribution in [0.4, 0.5) is 5.69 Å². The van der Waals surface area contributed by atoms with Crippen molar-refractivity contribution in [1.29, 1.82) is 0 Å². The van der Waals surface area contributed by atoms with E-state index < -0.39 is 0 Å². The summed E-state index contributed by atoms with van der Waals surface area (Å²) in [5.74, 6) is 1.04. The number of nitrogens with one attached hydrogen (secondary N) is 2. The van der Waals surface area contributed by atoms with Gasteiger partial charge in [0.1, 0.15) is 11.5 Å². The van der Waals surface area contributed by atoms with Crippen LogP contribution in [0.2, 0.25) is 0 Å². The molecule has 0 unspecified atom stereocenters. The second-order valence-electron chi connectivity index (χ2n) is 6.54. The monoisotopic (exact) mass is 364 g/mol. The fourth-order valence-electron chi connectivity index (χ4n) is 3.50. The van der Waals surface area contributed by atoms with Crippen LogP contribution >= 0.6 is 0 Å². The number of benzene rings is 2. The van der Waals surface area contributed by atoms with E-state index in [0.29, 0.717) is 11.4 Å². The van der Waals surface area contributed by atoms with Gasteiger partial charge in [-0.3, -0.25) is 9.59 Å². The van der Waals surface area contributed by atoms with Crippen LogP contribution in [-0.4, -0.2) is 24.6 Å². The minimum Gasteiger partial charge on any atom is -0.497 e. The second kappa shape index (κ2) is 7.15. The summed E-state index contributed by atoms with van der Waals surface area (Å²) in [6.07, 6.45) is 2.78. The quantitative estimate of drug-likeness (QED) is 0.729. The number of pyridine rings is 1. The van der Waals surface area contributed by atoms with E-state index in [9.17, 15) is 9.59 Å². The Kier molecular flexibility index (Phi) is 4.54. The van der Waals surface area contributed by atoms with Crippen molar-refractivity contribution >= 4 is 22.5 Å². The van der Waals surface area contributed by atoms with Crippen molar-refractivity contribution in [2.24, 2.45) is 0 Å². The molecule has 2 N–H and O–H groups in total. The zero-order valence-electron chi connectivity index (χ0n) is 15.0. The number of aromatic amines is 1. The summed E-state index contributed by atoms with van der Waals surface area (Å²) in [4.78, 5) is 27.3. The molecule has 0 spiro atoms. The molecule has 27 heavy (non-hydrogen) atoms. The average Bonchev–Trinajstić information content (AvgIpc) is 3.17. The van der Waals surface area contributed by atoms with E-state index in [2.05, 4.69) is 10.3 Å². The van der Waals surface area contributed by atoms with Gasteiger partial charge in [-0.2, -0.15) is 0 Å². The summed E-state index contributed by atoms with van der Waals surface area (Å²) >= 11 is 0. The van der Waals surface area contributed by atoms with Crippen LogP contribution in [0.25, 0.3) is 10.9 Å². The molecule has 0 bridgehead atoms. The van der Waals surface area contributed by atoms with Gasteiger partial charge in [-0.1, -0.05) is 6.07 Å². The molecular weight excluding hydrogens is 344 g/mol. The lowest BCUT2D eigenvalue weighted by atomic mass is 10.1. The van der Waals surface area contributed by atoms with Crippen molar-refractivity contribution in [3.8, 4) is 11.5 Å². The molecule has 3 aromatic rings. The van der Waals surface area contributed by atoms with E-state index in [1.54, 1.807) is 37.4 Å². The van der Waals surface area contributed by atoms with Crippen molar-refractivity contribution < 1.29 is 14.3 Å². The highest BCUT2D eigenvalue weighted by Gasteiger charge is 2.18. The number of rotatable bonds is 5. The number of amides is 1. The summed E-state index contributed by atoms with van der Waals surface area (Å²) in [6.45, 7) is -0.106. The molecule has 0 radical (unpaired) electrons. The maximum absolute atomic E-state index is 12.2. The molecule has 6 nitrogen and oxygen atoms in total. The van der Waals surface area contributed by atoms with Crippen LogP contribution in [0.5, 0.6) is 11.5 Å². The van der Waals surface area contributed by atoms with Gasteiger partial charge in [-0.15, -0.1) is 0 Å². The van der Waals surface area contributed by atoms with Gasteiger partial charge in [-0.25, -0.2) is 0 Å². The number of H-pyrrole nitrogens is 1. The summed E-state index contributed by atoms with van der Waals surface area (Å²) in [6, 6.07) is 12.6. The van der Waals surface area contributed by atoms with E-state index in [0.717, 1.165) is 47.0 Å². The minimum absolute atomic E-state index is 0.0266. The number of carbonyl (C=O) groups is 1. The van der Waals surface area contributed by atoms with Crippen molar-refractivity contribution in [2.45, 2.75) is 19.3 Å². The molecule has 0 aliphatic heterocycles. The largest absolute Gasteiger partial charge is 0.497 e. The van der Waals surface area contributed by atoms with Gasteiger partial charge in [0.2, 0.25) is 0 Å². The standard InChI is InChI=1S/C21H20N2O4/c1-26-14-6-8-15(9-7-14)27-12-20(24)22-13-5-10-17-16-3-2-4-18(16)21(25)23-19(17)11-13/h5-11H,2-4,12H2,1H3,(H,22,24)(H,23,25). The molecule has 1 amide bonds. The molecule has 0 saturated heterocycles. The molecule has 6 heteroatoms. The highest BCUT2D eigenvalue weighted by atomic mass is 16.5. The van der Waals surface area contributed by atoms with E-state index >= 15 is 0 Å². The lowest BCUT2D eigenvalue weighted by Crippen LogP contribution is -2.20. The van der Waals surface area contributed by atoms with Gasteiger partial charge in [0.25, 0.3) is 11.5 Å². The van der Waals surface area contributed by atoms with Gasteiger partial charge in [0, 0.05) is 16.6 Å². The zero-order valence-corrected chi connectivity index (χ0v) is 15.0. The van der Waals surface area contributed by atoms with Gasteiger partial charge < -0.3 is 19.8 Å². The van der Waals surface area contributed by atoms with Gasteiger partial charge in [0.15, 0.2) is 6.61 Å². The Labute approximate surface area is 156 Å². The maximum atomic E-state index is 12.2. The van der Waals surface area contributed by atoms with Gasteiger partial charge in [-0.05, 0) is 61.2 Å². The van der Waals surface area contributed by atoms with E-state index in [4.69, 9.17) is 9.47 Å². The first kappa shape index (κ1) is 17.1. The summed E-state index contributed by atoms with van der Waals surface area (Å²) in [5, 5.41) is 3.85. The summed E-state index contributed by atoms with van der Waals surface area (Å²) in [5.41, 5.74) is 3.37. The fourth-order valence-corrected chi connectivity index (χ4v) is 3.50. The lowest BCUT2D eigenvalue weighted by Gasteiger charge is -2.10. The number of carbonyl (C=O) groups excluding carboxylic acids is 1. The molecule has 1 aliphatic carbocycles. The topological polar surface area (TPSA) is 80.4 Å². The number of ether oxygens (including phenoxy) is 2. The first-order chi connectivity index (χ1) is 13.1. The molecule has 2 aromatic carbocycles. The Hall–Kier alpha value is -3.28. The van der Waals surface area contributed by atoms with Crippen LogP contribution in [-0.2, 0) is 17.6 Å². The van der Waals surface area contributed by atoms with Crippen LogP contribution in [0, 0.1) is 0 Å². The summed E-state index contributed by atoms with van der Waals surface area (Å²) < 4.78 is 10.6. The van der Waals surface area contributed by atoms with E-state index in [-0.39, 0.29) is 18.1 Å². The molecule has 0 atom stereocenters. The Balaban J connectivity index is 1.45. The maximum Gasteiger partial charge on any atom is 0.262 e. The van der Waals surface area contributed by atoms with Crippen LogP contribution in [0.3, 0.4) is 0 Å². The van der Waals surface area contributed by atoms with Crippen molar-refractivity contribution in [2.75, 3.05) is 19.0 Å². The Morgan fingerprint density at radius 3 is 2.59 bits per heavy atom. The highest BCUT2D eigenvalue weighted by Crippen LogP contribution is 2.27. The third-order valence-corrected chi connectivity index (χ3v) is 4.80. The number of aromatic nitrogens is 1. The molecule has 0 saturated carbocycles. The Bertz CT molecular complexity index is 1050. The number of anilines is 1. The number of aryl methyl sites for hydroxylation is 1. The SMILES string of the molecule is COc1ccc(OCC(=O)Nc2ccc3c4c(c(=O)[nH]c3c2)CCC4)cc1. The second-order valence-corrected chi connectivity index (χ2v) is 6.54. The fraction of sp³-hybridized carbons (Fsp3) is 0.238. The minimum atomic E-state index is -0.270. The van der Waals surface area contributed by atoms with Crippen LogP contribution < -0.4 is 20.3 Å². The Morgan fingerprint density at radius 1 is 1.07 bits per heavy atom. The third kappa shape index (κ3) is 3.51. The van der Waals surface area contributed by atoms with Crippen LogP contribution in [0.1, 0.15) is 17.5 Å². The van der Waals surface area contributed by atoms with Crippen molar-refractivity contribution in [3.05, 3.63) is 63.9 Å². The van der Waals surface area contributed by atoms with E-state index in [1.165, 1.54) is 0 Å². The van der Waals surface area contributed by atoms with Gasteiger partial charge in [0.05, 0.1) is 12.6 Å². The first-order valence-corrected chi connectivity index (χ1v) is 8.88. The smallest absolute Gasteiger partial charge is 0.262 e. The highest BCUT2D eigenvalue weighted by molar-refractivity contribution is 5.95. The molecule has 1 heterocycles. The normalized spacial score (nSPS) is 12.6. The van der Waals surface area contributed by atoms with Crippen molar-refractivity contribution in [1.82, 2.24) is 4.98 Å². The Morgan fingerprint density at radius 2 is 1.81 bits per heavy atom. The number of hydrogen-bond acceptors (Lipinski definition) is 4. The molecule has 1 aliphatic rings. The predicted octanol–water partition coefficient (Wildman–Crippen LogP) is 3.04.